The molecule has 0 saturated carbocycles. The highest BCUT2D eigenvalue weighted by atomic mass is 19.4. The van der Waals surface area contributed by atoms with Crippen molar-refractivity contribution in [1.29, 1.82) is 0 Å². The average Bonchev–Trinajstić information content (AvgIpc) is 2.59. The van der Waals surface area contributed by atoms with Gasteiger partial charge in [0.2, 0.25) is 0 Å². The van der Waals surface area contributed by atoms with Gasteiger partial charge in [-0.05, 0) is 24.3 Å². The Morgan fingerprint density at radius 2 is 1.76 bits per heavy atom. The van der Waals surface area contributed by atoms with Gasteiger partial charge in [0, 0.05) is 17.8 Å². The Labute approximate surface area is 141 Å². The fourth-order valence-corrected chi connectivity index (χ4v) is 2.07. The number of ether oxygens (including phenoxy) is 1. The number of hydrogen-bond acceptors (Lipinski definition) is 3. The van der Waals surface area contributed by atoms with Gasteiger partial charge in [0.25, 0.3) is 0 Å². The summed E-state index contributed by atoms with van der Waals surface area (Å²) >= 11 is 0. The predicted molar refractivity (Wildman–Crippen MR) is 84.9 cm³/mol. The summed E-state index contributed by atoms with van der Waals surface area (Å²) in [5, 5.41) is 4.52. The lowest BCUT2D eigenvalue weighted by molar-refractivity contribution is -0.137. The highest BCUT2D eigenvalue weighted by Crippen LogP contribution is 2.30. The van der Waals surface area contributed by atoms with E-state index in [1.54, 1.807) is 24.3 Å². The zero-order valence-corrected chi connectivity index (χ0v) is 13.2. The lowest BCUT2D eigenvalue weighted by Crippen LogP contribution is -2.35. The van der Waals surface area contributed by atoms with E-state index in [4.69, 9.17) is 4.74 Å². The van der Waals surface area contributed by atoms with Crippen molar-refractivity contribution >= 4 is 17.5 Å². The number of para-hydroxylation sites is 1. The largest absolute Gasteiger partial charge is 0.496 e. The van der Waals surface area contributed by atoms with Gasteiger partial charge in [-0.15, -0.1) is 0 Å². The maximum absolute atomic E-state index is 12.6. The fraction of sp³-hybridized carbons (Fsp3) is 0.176. The molecule has 0 spiro atoms. The van der Waals surface area contributed by atoms with Gasteiger partial charge >= 0.3 is 18.0 Å². The lowest BCUT2D eigenvalue weighted by Gasteiger charge is -2.11. The number of alkyl halides is 3. The second kappa shape index (κ2) is 7.69. The number of hydrogen-bond donors (Lipinski definition) is 2. The van der Waals surface area contributed by atoms with Gasteiger partial charge in [0.15, 0.2) is 0 Å². The number of amides is 2. The van der Waals surface area contributed by atoms with Crippen LogP contribution in [0.1, 0.15) is 11.1 Å². The molecule has 2 rings (SSSR count). The highest BCUT2D eigenvalue weighted by Gasteiger charge is 2.30. The number of nitrogens with one attached hydrogen (secondary N) is 2. The van der Waals surface area contributed by atoms with Crippen LogP contribution in [0, 0.1) is 0 Å². The van der Waals surface area contributed by atoms with Crippen LogP contribution in [0.3, 0.4) is 0 Å². The Morgan fingerprint density at radius 3 is 2.44 bits per heavy atom. The number of benzene rings is 2. The molecule has 5 nitrogen and oxygen atoms in total. The van der Waals surface area contributed by atoms with E-state index in [9.17, 15) is 22.8 Å². The van der Waals surface area contributed by atoms with Gasteiger partial charge in [-0.1, -0.05) is 24.3 Å². The normalized spacial score (nSPS) is 10.9. The van der Waals surface area contributed by atoms with Crippen LogP contribution >= 0.6 is 0 Å². The Kier molecular flexibility index (Phi) is 5.63. The molecule has 25 heavy (non-hydrogen) atoms. The summed E-state index contributed by atoms with van der Waals surface area (Å²) in [5.41, 5.74) is -0.378. The molecular weight excluding hydrogens is 337 g/mol. The first-order valence-electron chi connectivity index (χ1n) is 7.19. The average molecular weight is 352 g/mol. The molecule has 0 unspecified atom stereocenters. The molecule has 0 saturated heterocycles. The molecule has 132 valence electrons. The van der Waals surface area contributed by atoms with Crippen molar-refractivity contribution in [1.82, 2.24) is 5.32 Å². The molecule has 0 radical (unpaired) electrons. The van der Waals surface area contributed by atoms with Crippen LogP contribution in [0.15, 0.2) is 48.5 Å². The molecule has 0 aliphatic carbocycles. The molecule has 0 heterocycles. The maximum atomic E-state index is 12.6. The maximum Gasteiger partial charge on any atom is 0.416 e. The van der Waals surface area contributed by atoms with Crippen molar-refractivity contribution in [2.75, 3.05) is 12.4 Å². The minimum Gasteiger partial charge on any atom is -0.496 e. The number of halogens is 3. The third-order valence-corrected chi connectivity index (χ3v) is 3.29. The Morgan fingerprint density at radius 1 is 1.04 bits per heavy atom. The first kappa shape index (κ1) is 18.3. The van der Waals surface area contributed by atoms with Crippen molar-refractivity contribution in [2.45, 2.75) is 12.7 Å². The summed E-state index contributed by atoms with van der Waals surface area (Å²) in [7, 11) is 1.47. The summed E-state index contributed by atoms with van der Waals surface area (Å²) in [4.78, 5) is 23.6. The molecular formula is C17H15F3N2O3. The van der Waals surface area contributed by atoms with Crippen molar-refractivity contribution in [2.24, 2.45) is 0 Å². The van der Waals surface area contributed by atoms with E-state index >= 15 is 0 Å². The third-order valence-electron chi connectivity index (χ3n) is 3.29. The SMILES string of the molecule is COc1ccccc1CNC(=O)C(=O)Nc1cccc(C(F)(F)F)c1. The number of carbonyl (C=O) groups is 2. The van der Waals surface area contributed by atoms with E-state index in [1.807, 2.05) is 0 Å². The zero-order valence-electron chi connectivity index (χ0n) is 13.2. The molecule has 2 amide bonds. The number of methoxy groups -OCH3 is 1. The molecule has 0 aliphatic heterocycles. The quantitative estimate of drug-likeness (QED) is 0.832. The Hall–Kier alpha value is -3.03. The number of carbonyl (C=O) groups excluding carboxylic acids is 2. The Balaban J connectivity index is 1.98. The summed E-state index contributed by atoms with van der Waals surface area (Å²) < 4.78 is 43.0. The number of rotatable bonds is 4. The number of anilines is 1. The fourth-order valence-electron chi connectivity index (χ4n) is 2.07. The minimum absolute atomic E-state index is 0.0405. The zero-order chi connectivity index (χ0) is 18.4. The summed E-state index contributed by atoms with van der Waals surface area (Å²) in [5.74, 6) is -1.49. The van der Waals surface area contributed by atoms with Crippen LogP contribution in [0.25, 0.3) is 0 Å². The summed E-state index contributed by atoms with van der Waals surface area (Å²) in [6.45, 7) is 0.0405. The molecule has 8 heteroatoms. The van der Waals surface area contributed by atoms with Gasteiger partial charge in [0.05, 0.1) is 12.7 Å². The van der Waals surface area contributed by atoms with E-state index in [2.05, 4.69) is 10.6 Å². The minimum atomic E-state index is -4.53. The molecule has 0 aromatic heterocycles. The van der Waals surface area contributed by atoms with E-state index in [0.717, 1.165) is 18.2 Å². The van der Waals surface area contributed by atoms with Crippen molar-refractivity contribution < 1.29 is 27.5 Å². The Bertz CT molecular complexity index is 776. The smallest absolute Gasteiger partial charge is 0.416 e. The van der Waals surface area contributed by atoms with Crippen LogP contribution in [0.2, 0.25) is 0 Å². The standard InChI is InChI=1S/C17H15F3N2O3/c1-25-14-8-3-2-5-11(14)10-21-15(23)16(24)22-13-7-4-6-12(9-13)17(18,19)20/h2-9H,10H2,1H3,(H,21,23)(H,22,24). The molecule has 0 bridgehead atoms. The molecule has 2 N–H and O–H groups in total. The van der Waals surface area contributed by atoms with E-state index in [1.165, 1.54) is 13.2 Å². The van der Waals surface area contributed by atoms with Gasteiger partial charge in [0.1, 0.15) is 5.75 Å². The van der Waals surface area contributed by atoms with E-state index < -0.39 is 23.6 Å². The van der Waals surface area contributed by atoms with Crippen LogP contribution < -0.4 is 15.4 Å². The highest BCUT2D eigenvalue weighted by molar-refractivity contribution is 6.39. The monoisotopic (exact) mass is 352 g/mol. The van der Waals surface area contributed by atoms with Crippen LogP contribution in [-0.2, 0) is 22.3 Å². The van der Waals surface area contributed by atoms with Gasteiger partial charge < -0.3 is 15.4 Å². The van der Waals surface area contributed by atoms with Crippen molar-refractivity contribution in [3.05, 3.63) is 59.7 Å². The third kappa shape index (κ3) is 4.97. The molecule has 2 aromatic carbocycles. The second-order valence-electron chi connectivity index (χ2n) is 5.03. The van der Waals surface area contributed by atoms with E-state index in [0.29, 0.717) is 11.3 Å². The second-order valence-corrected chi connectivity index (χ2v) is 5.03. The summed E-state index contributed by atoms with van der Waals surface area (Å²) in [6, 6.07) is 10.9. The predicted octanol–water partition coefficient (Wildman–Crippen LogP) is 2.97. The first-order valence-corrected chi connectivity index (χ1v) is 7.19. The van der Waals surface area contributed by atoms with Crippen LogP contribution in [0.5, 0.6) is 5.75 Å². The summed E-state index contributed by atoms with van der Waals surface area (Å²) in [6.07, 6.45) is -4.53. The molecule has 0 atom stereocenters. The topological polar surface area (TPSA) is 67.4 Å². The van der Waals surface area contributed by atoms with Gasteiger partial charge in [-0.25, -0.2) is 0 Å². The molecule has 2 aromatic rings. The van der Waals surface area contributed by atoms with Gasteiger partial charge in [-0.2, -0.15) is 13.2 Å². The molecule has 0 aliphatic rings. The first-order chi connectivity index (χ1) is 11.8. The van der Waals surface area contributed by atoms with Crippen molar-refractivity contribution in [3.8, 4) is 5.75 Å². The van der Waals surface area contributed by atoms with Gasteiger partial charge in [-0.3, -0.25) is 9.59 Å². The van der Waals surface area contributed by atoms with Crippen LogP contribution in [0.4, 0.5) is 18.9 Å². The van der Waals surface area contributed by atoms with E-state index in [-0.39, 0.29) is 12.2 Å². The van der Waals surface area contributed by atoms with Crippen molar-refractivity contribution in [3.63, 3.8) is 0 Å². The van der Waals surface area contributed by atoms with Crippen LogP contribution in [-0.4, -0.2) is 18.9 Å². The lowest BCUT2D eigenvalue weighted by atomic mass is 10.2. The molecule has 0 fully saturated rings.